The molecule has 1 aromatic carbocycles. The van der Waals surface area contributed by atoms with Crippen molar-refractivity contribution in [1.29, 1.82) is 0 Å². The molecule has 0 saturated heterocycles. The zero-order valence-corrected chi connectivity index (χ0v) is 6.45. The molecule has 0 spiro atoms. The Morgan fingerprint density at radius 1 is 1.18 bits per heavy atom. The van der Waals surface area contributed by atoms with Gasteiger partial charge in [0, 0.05) is 5.57 Å². The van der Waals surface area contributed by atoms with Gasteiger partial charge in [-0.25, -0.2) is 0 Å². The van der Waals surface area contributed by atoms with Gasteiger partial charge in [0.25, 0.3) is 0 Å². The van der Waals surface area contributed by atoms with Crippen LogP contribution in [-0.2, 0) is 4.74 Å². The minimum Gasteiger partial charge on any atom is -0.493 e. The van der Waals surface area contributed by atoms with Gasteiger partial charge >= 0.3 is 0 Å². The molecule has 0 radical (unpaired) electrons. The Balaban J connectivity index is 2.31. The predicted octanol–water partition coefficient (Wildman–Crippen LogP) is 2.45. The third kappa shape index (κ3) is 1.03. The summed E-state index contributed by atoms with van der Waals surface area (Å²) in [4.78, 5) is 0. The summed E-state index contributed by atoms with van der Waals surface area (Å²) in [6.45, 7) is 2.06. The van der Waals surface area contributed by atoms with Crippen molar-refractivity contribution < 1.29 is 4.74 Å². The molecule has 1 aliphatic rings. The van der Waals surface area contributed by atoms with Crippen LogP contribution in [0.25, 0.3) is 5.57 Å². The van der Waals surface area contributed by atoms with E-state index in [-0.39, 0.29) is 6.10 Å². The number of hydrogen-bond donors (Lipinski definition) is 0. The lowest BCUT2D eigenvalue weighted by Gasteiger charge is -2.24. The lowest BCUT2D eigenvalue weighted by atomic mass is 10.0. The summed E-state index contributed by atoms with van der Waals surface area (Å²) in [5.74, 6) is 0. The van der Waals surface area contributed by atoms with E-state index in [0.717, 1.165) is 0 Å². The molecular weight excluding hydrogens is 136 g/mol. The van der Waals surface area contributed by atoms with Gasteiger partial charge in [-0.1, -0.05) is 30.3 Å². The molecule has 1 nitrogen and oxygen atoms in total. The molecule has 1 aromatic rings. The van der Waals surface area contributed by atoms with Crippen LogP contribution in [0.3, 0.4) is 0 Å². The third-order valence-corrected chi connectivity index (χ3v) is 1.94. The lowest BCUT2D eigenvalue weighted by molar-refractivity contribution is 0.171. The highest BCUT2D eigenvalue weighted by Crippen LogP contribution is 2.27. The maximum atomic E-state index is 5.14. The Morgan fingerprint density at radius 2 is 1.91 bits per heavy atom. The summed E-state index contributed by atoms with van der Waals surface area (Å²) in [5, 5.41) is 0. The molecule has 2 rings (SSSR count). The van der Waals surface area contributed by atoms with Crippen LogP contribution in [0.2, 0.25) is 0 Å². The molecule has 0 saturated carbocycles. The molecule has 0 amide bonds. The zero-order chi connectivity index (χ0) is 7.68. The van der Waals surface area contributed by atoms with E-state index < -0.39 is 0 Å². The largest absolute Gasteiger partial charge is 0.493 e. The molecule has 1 heterocycles. The average Bonchev–Trinajstić information content (AvgIpc) is 2.04. The van der Waals surface area contributed by atoms with Crippen LogP contribution in [0.4, 0.5) is 0 Å². The van der Waals surface area contributed by atoms with E-state index in [1.807, 2.05) is 24.5 Å². The van der Waals surface area contributed by atoms with Crippen LogP contribution in [0, 0.1) is 0 Å². The van der Waals surface area contributed by atoms with E-state index in [0.29, 0.717) is 0 Å². The second-order valence-corrected chi connectivity index (χ2v) is 2.72. The van der Waals surface area contributed by atoms with Gasteiger partial charge < -0.3 is 4.74 Å². The number of benzene rings is 1. The highest BCUT2D eigenvalue weighted by Gasteiger charge is 2.18. The molecule has 1 atom stereocenters. The Morgan fingerprint density at radius 3 is 2.36 bits per heavy atom. The minimum absolute atomic E-state index is 0.275. The zero-order valence-electron chi connectivity index (χ0n) is 6.45. The van der Waals surface area contributed by atoms with Crippen LogP contribution in [0.5, 0.6) is 0 Å². The number of hydrogen-bond acceptors (Lipinski definition) is 1. The van der Waals surface area contributed by atoms with Crippen molar-refractivity contribution in [2.45, 2.75) is 13.0 Å². The van der Waals surface area contributed by atoms with Gasteiger partial charge in [-0.15, -0.1) is 0 Å². The predicted molar refractivity (Wildman–Crippen MR) is 45.0 cm³/mol. The van der Waals surface area contributed by atoms with Gasteiger partial charge in [0.2, 0.25) is 0 Å². The Bertz CT molecular complexity index is 274. The van der Waals surface area contributed by atoms with Crippen LogP contribution < -0.4 is 0 Å². The first-order valence-corrected chi connectivity index (χ1v) is 3.79. The summed E-state index contributed by atoms with van der Waals surface area (Å²) in [5.41, 5.74) is 2.57. The normalized spacial score (nSPS) is 21.5. The monoisotopic (exact) mass is 146 g/mol. The molecule has 0 bridgehead atoms. The fraction of sp³-hybridized carbons (Fsp3) is 0.200. The second-order valence-electron chi connectivity index (χ2n) is 2.72. The standard InChI is InChI=1S/C10H10O/c1-8-10(7-11-8)9-5-3-2-4-6-9/h2-8H,1H3. The van der Waals surface area contributed by atoms with Gasteiger partial charge in [-0.3, -0.25) is 0 Å². The van der Waals surface area contributed by atoms with E-state index in [1.54, 1.807) is 0 Å². The van der Waals surface area contributed by atoms with Crippen LogP contribution in [-0.4, -0.2) is 6.10 Å². The molecule has 56 valence electrons. The Hall–Kier alpha value is -1.24. The van der Waals surface area contributed by atoms with Gasteiger partial charge in [-0.05, 0) is 12.5 Å². The molecule has 1 aliphatic heterocycles. The van der Waals surface area contributed by atoms with Crippen molar-refractivity contribution in [3.8, 4) is 0 Å². The first kappa shape index (κ1) is 6.47. The topological polar surface area (TPSA) is 9.23 Å². The van der Waals surface area contributed by atoms with Crippen molar-refractivity contribution in [3.63, 3.8) is 0 Å². The summed E-state index contributed by atoms with van der Waals surface area (Å²) < 4.78 is 5.14. The van der Waals surface area contributed by atoms with E-state index in [4.69, 9.17) is 4.74 Å². The first-order chi connectivity index (χ1) is 5.38. The van der Waals surface area contributed by atoms with Crippen molar-refractivity contribution >= 4 is 5.57 Å². The van der Waals surface area contributed by atoms with Crippen LogP contribution in [0.1, 0.15) is 12.5 Å². The maximum Gasteiger partial charge on any atom is 0.124 e. The van der Waals surface area contributed by atoms with Gasteiger partial charge in [0.15, 0.2) is 0 Å². The molecule has 0 fully saturated rings. The van der Waals surface area contributed by atoms with Gasteiger partial charge in [0.1, 0.15) is 6.10 Å². The van der Waals surface area contributed by atoms with E-state index in [2.05, 4.69) is 19.1 Å². The fourth-order valence-electron chi connectivity index (χ4n) is 1.21. The van der Waals surface area contributed by atoms with Gasteiger partial charge in [0.05, 0.1) is 6.26 Å². The highest BCUT2D eigenvalue weighted by molar-refractivity contribution is 5.70. The Kier molecular flexibility index (Phi) is 1.42. The molecule has 0 aliphatic carbocycles. The maximum absolute atomic E-state index is 5.14. The molecule has 0 aromatic heterocycles. The molecule has 0 N–H and O–H groups in total. The number of rotatable bonds is 1. The SMILES string of the molecule is CC1OC=C1c1ccccc1. The van der Waals surface area contributed by atoms with Crippen LogP contribution in [0.15, 0.2) is 36.6 Å². The Labute approximate surface area is 66.3 Å². The van der Waals surface area contributed by atoms with Crippen molar-refractivity contribution in [3.05, 3.63) is 42.2 Å². The summed E-state index contributed by atoms with van der Waals surface area (Å²) in [6, 6.07) is 10.3. The average molecular weight is 146 g/mol. The third-order valence-electron chi connectivity index (χ3n) is 1.94. The molecular formula is C10H10O. The molecule has 1 unspecified atom stereocenters. The van der Waals surface area contributed by atoms with Crippen molar-refractivity contribution in [2.75, 3.05) is 0 Å². The smallest absolute Gasteiger partial charge is 0.124 e. The lowest BCUT2D eigenvalue weighted by Crippen LogP contribution is -2.16. The quantitative estimate of drug-likeness (QED) is 0.591. The first-order valence-electron chi connectivity index (χ1n) is 3.79. The van der Waals surface area contributed by atoms with E-state index >= 15 is 0 Å². The second kappa shape index (κ2) is 2.42. The van der Waals surface area contributed by atoms with Gasteiger partial charge in [-0.2, -0.15) is 0 Å². The van der Waals surface area contributed by atoms with Crippen molar-refractivity contribution in [1.82, 2.24) is 0 Å². The van der Waals surface area contributed by atoms with E-state index in [9.17, 15) is 0 Å². The minimum atomic E-state index is 0.275. The number of ether oxygens (including phenoxy) is 1. The molecule has 1 heteroatoms. The summed E-state index contributed by atoms with van der Waals surface area (Å²) in [6.07, 6.45) is 2.09. The summed E-state index contributed by atoms with van der Waals surface area (Å²) >= 11 is 0. The van der Waals surface area contributed by atoms with E-state index in [1.165, 1.54) is 11.1 Å². The molecule has 11 heavy (non-hydrogen) atoms. The summed E-state index contributed by atoms with van der Waals surface area (Å²) in [7, 11) is 0. The van der Waals surface area contributed by atoms with Crippen molar-refractivity contribution in [2.24, 2.45) is 0 Å². The fourth-order valence-corrected chi connectivity index (χ4v) is 1.21. The van der Waals surface area contributed by atoms with Crippen LogP contribution >= 0.6 is 0 Å². The highest BCUT2D eigenvalue weighted by atomic mass is 16.5.